The lowest BCUT2D eigenvalue weighted by Gasteiger charge is -2.33. The Morgan fingerprint density at radius 2 is 1.81 bits per heavy atom. The molecule has 1 rings (SSSR count). The molecule has 1 aliphatic carbocycles. The van der Waals surface area contributed by atoms with Gasteiger partial charge in [-0.25, -0.2) is 0 Å². The molecule has 0 aromatic carbocycles. The van der Waals surface area contributed by atoms with E-state index in [0.717, 1.165) is 50.2 Å². The minimum Gasteiger partial charge on any atom is -0.407 e. The second-order valence-electron chi connectivity index (χ2n) is 6.58. The number of unbranched alkanes of at least 4 members (excludes halogenated alkanes) is 1. The van der Waals surface area contributed by atoms with Crippen LogP contribution in [0.15, 0.2) is 11.6 Å². The number of rotatable bonds is 8. The largest absolute Gasteiger partial charge is 0.407 e. The lowest BCUT2D eigenvalue weighted by Crippen LogP contribution is -2.44. The van der Waals surface area contributed by atoms with E-state index >= 15 is 0 Å². The minimum absolute atomic E-state index is 0.169. The fraction of sp³-hybridized carbons (Fsp3) is 0.833. The lowest BCUT2D eigenvalue weighted by atomic mass is 9.92. The summed E-state index contributed by atoms with van der Waals surface area (Å²) in [5.41, 5.74) is 1.33. The van der Waals surface area contributed by atoms with Crippen LogP contribution in [0.3, 0.4) is 0 Å². The Morgan fingerprint density at radius 1 is 1.19 bits per heavy atom. The Morgan fingerprint density at radius 3 is 2.33 bits per heavy atom. The molecule has 2 nitrogen and oxygen atoms in total. The fourth-order valence-corrected chi connectivity index (χ4v) is 6.11. The van der Waals surface area contributed by atoms with E-state index in [-0.39, 0.29) is 12.0 Å². The van der Waals surface area contributed by atoms with E-state index in [1.807, 2.05) is 0 Å². The molecule has 0 unspecified atom stereocenters. The summed E-state index contributed by atoms with van der Waals surface area (Å²) in [6.45, 7) is 11.0. The third-order valence-corrected chi connectivity index (χ3v) is 9.86. The molecule has 0 radical (unpaired) electrons. The summed E-state index contributed by atoms with van der Waals surface area (Å²) in [5.74, 6) is 0.563. The molecule has 0 N–H and O–H groups in total. The number of allylic oxidation sites excluding steroid dienone is 1. The van der Waals surface area contributed by atoms with Crippen LogP contribution in [0, 0.1) is 5.92 Å². The average Bonchev–Trinajstić information content (AvgIpc) is 2.63. The summed E-state index contributed by atoms with van der Waals surface area (Å²) in [6, 6.07) is 3.35. The molecule has 0 heterocycles. The van der Waals surface area contributed by atoms with E-state index < -0.39 is 8.32 Å². The van der Waals surface area contributed by atoms with Crippen LogP contribution in [0.1, 0.15) is 66.7 Å². The second kappa shape index (κ2) is 8.89. The first kappa shape index (κ1) is 18.6. The quantitative estimate of drug-likeness (QED) is 0.437. The number of Topliss-reactive ketones (excluding diaryl/α,β-unsaturated/α-hetero) is 1. The van der Waals surface area contributed by atoms with Gasteiger partial charge in [-0.3, -0.25) is 4.79 Å². The summed E-state index contributed by atoms with van der Waals surface area (Å²) < 4.78 is 6.55. The van der Waals surface area contributed by atoms with E-state index in [9.17, 15) is 4.79 Å². The van der Waals surface area contributed by atoms with Crippen molar-refractivity contribution in [3.05, 3.63) is 11.6 Å². The van der Waals surface area contributed by atoms with Gasteiger partial charge in [0.2, 0.25) is 0 Å². The molecule has 0 spiro atoms. The SMILES string of the molecule is CCCC[C@H]1CC=C(C)C[C@@H](O[Si](CC)(CC)CC)C1=O. The molecule has 0 saturated carbocycles. The highest BCUT2D eigenvalue weighted by Gasteiger charge is 2.37. The van der Waals surface area contributed by atoms with Crippen molar-refractivity contribution in [3.8, 4) is 0 Å². The molecular weight excluding hydrogens is 276 g/mol. The number of hydrogen-bond acceptors (Lipinski definition) is 2. The molecule has 3 heteroatoms. The summed E-state index contributed by atoms with van der Waals surface area (Å²) in [4.78, 5) is 12.9. The average molecular weight is 311 g/mol. The van der Waals surface area contributed by atoms with Gasteiger partial charge in [-0.15, -0.1) is 0 Å². The standard InChI is InChI=1S/C18H34O2Si/c1-6-10-11-16-13-12-15(5)14-17(18(16)19)20-21(7-2,8-3)9-4/h12,16-17H,6-11,13-14H2,1-5H3/t16-,17+/m0/s1. The van der Waals surface area contributed by atoms with E-state index in [4.69, 9.17) is 4.43 Å². The highest BCUT2D eigenvalue weighted by atomic mass is 28.4. The van der Waals surface area contributed by atoms with Gasteiger partial charge in [0.05, 0.1) is 0 Å². The topological polar surface area (TPSA) is 26.3 Å². The Labute approximate surface area is 132 Å². The van der Waals surface area contributed by atoms with Gasteiger partial charge in [-0.1, -0.05) is 52.2 Å². The van der Waals surface area contributed by atoms with Crippen molar-refractivity contribution in [1.29, 1.82) is 0 Å². The molecule has 0 bridgehead atoms. The first-order valence-corrected chi connectivity index (χ1v) is 11.4. The van der Waals surface area contributed by atoms with Crippen LogP contribution in [0.25, 0.3) is 0 Å². The zero-order valence-electron chi connectivity index (χ0n) is 14.7. The van der Waals surface area contributed by atoms with E-state index in [1.54, 1.807) is 0 Å². The second-order valence-corrected chi connectivity index (χ2v) is 11.3. The van der Waals surface area contributed by atoms with Crippen LogP contribution in [-0.4, -0.2) is 20.2 Å². The van der Waals surface area contributed by atoms with E-state index in [0.29, 0.717) is 5.78 Å². The smallest absolute Gasteiger partial charge is 0.193 e. The number of carbonyl (C=O) groups excluding carboxylic acids is 1. The first-order chi connectivity index (χ1) is 10.0. The number of hydrogen-bond donors (Lipinski definition) is 0. The van der Waals surface area contributed by atoms with Crippen molar-refractivity contribution in [2.45, 2.75) is 91.0 Å². The molecule has 1 aliphatic rings. The Bertz CT molecular complexity index is 350. The first-order valence-electron chi connectivity index (χ1n) is 8.89. The maximum absolute atomic E-state index is 12.9. The van der Waals surface area contributed by atoms with Crippen LogP contribution in [-0.2, 0) is 9.22 Å². The Balaban J connectivity index is 2.87. The Kier molecular flexibility index (Phi) is 7.89. The lowest BCUT2D eigenvalue weighted by molar-refractivity contribution is -0.130. The van der Waals surface area contributed by atoms with Gasteiger partial charge in [0, 0.05) is 12.3 Å². The molecule has 0 saturated heterocycles. The molecule has 2 atom stereocenters. The summed E-state index contributed by atoms with van der Waals surface area (Å²) in [7, 11) is -1.71. The van der Waals surface area contributed by atoms with Crippen molar-refractivity contribution in [2.75, 3.05) is 0 Å². The van der Waals surface area contributed by atoms with Gasteiger partial charge in [-0.2, -0.15) is 0 Å². The van der Waals surface area contributed by atoms with Crippen molar-refractivity contribution in [3.63, 3.8) is 0 Å². The molecule has 122 valence electrons. The fourth-order valence-electron chi connectivity index (χ4n) is 3.31. The zero-order valence-corrected chi connectivity index (χ0v) is 15.7. The maximum atomic E-state index is 12.9. The molecular formula is C18H34O2Si. The van der Waals surface area contributed by atoms with E-state index in [1.165, 1.54) is 5.57 Å². The molecule has 0 aromatic rings. The number of carbonyl (C=O) groups is 1. The van der Waals surface area contributed by atoms with Crippen LogP contribution in [0.2, 0.25) is 18.1 Å². The van der Waals surface area contributed by atoms with Crippen LogP contribution in [0.5, 0.6) is 0 Å². The van der Waals surface area contributed by atoms with Crippen molar-refractivity contribution in [2.24, 2.45) is 5.92 Å². The third kappa shape index (κ3) is 5.06. The van der Waals surface area contributed by atoms with E-state index in [2.05, 4.69) is 40.7 Å². The normalized spacial score (nSPS) is 23.9. The highest BCUT2D eigenvalue weighted by Crippen LogP contribution is 2.31. The maximum Gasteiger partial charge on any atom is 0.193 e. The van der Waals surface area contributed by atoms with Gasteiger partial charge in [0.25, 0.3) is 0 Å². The summed E-state index contributed by atoms with van der Waals surface area (Å²) in [5, 5.41) is 0. The molecule has 21 heavy (non-hydrogen) atoms. The van der Waals surface area contributed by atoms with Crippen LogP contribution < -0.4 is 0 Å². The summed E-state index contributed by atoms with van der Waals surface area (Å²) in [6.07, 6.45) is 7.17. The monoisotopic (exact) mass is 310 g/mol. The van der Waals surface area contributed by atoms with Crippen LogP contribution in [0.4, 0.5) is 0 Å². The molecule has 0 amide bonds. The molecule has 0 aliphatic heterocycles. The molecule has 0 aromatic heterocycles. The van der Waals surface area contributed by atoms with Crippen molar-refractivity contribution < 1.29 is 9.22 Å². The van der Waals surface area contributed by atoms with Gasteiger partial charge in [0.1, 0.15) is 6.10 Å². The van der Waals surface area contributed by atoms with Crippen molar-refractivity contribution >= 4 is 14.1 Å². The predicted molar refractivity (Wildman–Crippen MR) is 93.1 cm³/mol. The third-order valence-electron chi connectivity index (χ3n) is 5.21. The number of ketones is 1. The molecule has 0 fully saturated rings. The van der Waals surface area contributed by atoms with Crippen molar-refractivity contribution in [1.82, 2.24) is 0 Å². The predicted octanol–water partition coefficient (Wildman–Crippen LogP) is 5.49. The Hall–Kier alpha value is -0.413. The zero-order chi connectivity index (χ0) is 15.9. The minimum atomic E-state index is -1.71. The highest BCUT2D eigenvalue weighted by molar-refractivity contribution is 6.73. The van der Waals surface area contributed by atoms with Crippen LogP contribution >= 0.6 is 0 Å². The van der Waals surface area contributed by atoms with Gasteiger partial charge in [0.15, 0.2) is 14.1 Å². The van der Waals surface area contributed by atoms with Gasteiger partial charge in [-0.05, 0) is 37.9 Å². The summed E-state index contributed by atoms with van der Waals surface area (Å²) >= 11 is 0. The van der Waals surface area contributed by atoms with Gasteiger partial charge < -0.3 is 4.43 Å². The van der Waals surface area contributed by atoms with Gasteiger partial charge >= 0.3 is 0 Å².